The lowest BCUT2D eigenvalue weighted by molar-refractivity contribution is -0.0802. The van der Waals surface area contributed by atoms with Gasteiger partial charge in [0.1, 0.15) is 11.5 Å². The molecule has 130 valence electrons. The molecule has 1 aliphatic carbocycles. The zero-order valence-electron chi connectivity index (χ0n) is 15.6. The van der Waals surface area contributed by atoms with Crippen molar-refractivity contribution >= 4 is 0 Å². The number of fused-ring (bicyclic) bond motifs is 3. The maximum Gasteiger partial charge on any atom is 0.245 e. The Labute approximate surface area is 154 Å². The van der Waals surface area contributed by atoms with Gasteiger partial charge in [0, 0.05) is 30.4 Å². The predicted molar refractivity (Wildman–Crippen MR) is 105 cm³/mol. The first kappa shape index (κ1) is 15.5. The minimum atomic E-state index is -0.769. The van der Waals surface area contributed by atoms with Crippen molar-refractivity contribution in [3.8, 4) is 33.8 Å². The third-order valence-corrected chi connectivity index (χ3v) is 5.57. The van der Waals surface area contributed by atoms with Crippen molar-refractivity contribution in [1.29, 1.82) is 0 Å². The van der Waals surface area contributed by atoms with Crippen molar-refractivity contribution in [2.45, 2.75) is 38.9 Å². The van der Waals surface area contributed by atoms with Gasteiger partial charge in [0.15, 0.2) is 0 Å². The van der Waals surface area contributed by atoms with Crippen molar-refractivity contribution in [2.75, 3.05) is 0 Å². The summed E-state index contributed by atoms with van der Waals surface area (Å²) in [5.41, 5.74) is 7.36. The topological polar surface area (TPSA) is 18.5 Å². The Morgan fingerprint density at radius 3 is 2.23 bits per heavy atom. The summed E-state index contributed by atoms with van der Waals surface area (Å²) in [7, 11) is 0. The van der Waals surface area contributed by atoms with E-state index in [4.69, 9.17) is 9.47 Å². The van der Waals surface area contributed by atoms with Crippen LogP contribution in [0.5, 0.6) is 11.5 Å². The Balaban J connectivity index is 1.90. The fourth-order valence-corrected chi connectivity index (χ4v) is 4.37. The standard InChI is InChI=1S/C24H22O2/c1-23(2)18-13-12-15-14-17(18)22-19(23)9-7-11-21(22)26-24(3,4)25-20-10-6-5-8-16(15)20/h5-14H,1-4H3. The molecule has 0 radical (unpaired) electrons. The van der Waals surface area contributed by atoms with E-state index < -0.39 is 5.79 Å². The van der Waals surface area contributed by atoms with E-state index in [0.29, 0.717) is 0 Å². The molecule has 0 atom stereocenters. The van der Waals surface area contributed by atoms with Crippen LogP contribution in [0.1, 0.15) is 38.8 Å². The maximum absolute atomic E-state index is 6.40. The van der Waals surface area contributed by atoms with Crippen LogP contribution in [-0.2, 0) is 5.41 Å². The molecular formula is C24H22O2. The van der Waals surface area contributed by atoms with Crippen molar-refractivity contribution in [3.05, 3.63) is 71.8 Å². The van der Waals surface area contributed by atoms with Gasteiger partial charge in [-0.05, 0) is 40.5 Å². The number of hydrogen-bond acceptors (Lipinski definition) is 2. The van der Waals surface area contributed by atoms with Gasteiger partial charge in [-0.3, -0.25) is 0 Å². The van der Waals surface area contributed by atoms with E-state index in [1.54, 1.807) is 0 Å². The molecule has 0 unspecified atom stereocenters. The monoisotopic (exact) mass is 342 g/mol. The largest absolute Gasteiger partial charge is 0.452 e. The second kappa shape index (κ2) is 4.91. The van der Waals surface area contributed by atoms with Gasteiger partial charge in [0.2, 0.25) is 5.79 Å². The van der Waals surface area contributed by atoms with Crippen LogP contribution in [-0.4, -0.2) is 5.79 Å². The van der Waals surface area contributed by atoms with E-state index in [9.17, 15) is 0 Å². The van der Waals surface area contributed by atoms with Gasteiger partial charge in [-0.25, -0.2) is 0 Å². The Hall–Kier alpha value is -2.74. The molecule has 26 heavy (non-hydrogen) atoms. The molecule has 3 aromatic carbocycles. The Bertz CT molecular complexity index is 1040. The Morgan fingerprint density at radius 2 is 1.38 bits per heavy atom. The van der Waals surface area contributed by atoms with E-state index in [1.807, 2.05) is 26.0 Å². The molecule has 0 spiro atoms. The lowest BCUT2D eigenvalue weighted by atomic mass is 9.82. The number of ether oxygens (including phenoxy) is 2. The predicted octanol–water partition coefficient (Wildman–Crippen LogP) is 6.17. The highest BCUT2D eigenvalue weighted by molar-refractivity contribution is 5.88. The lowest BCUT2D eigenvalue weighted by Crippen LogP contribution is -2.35. The molecule has 1 heterocycles. The fraction of sp³-hybridized carbons (Fsp3) is 0.250. The molecule has 0 N–H and O–H groups in total. The third-order valence-electron chi connectivity index (χ3n) is 5.57. The van der Waals surface area contributed by atoms with Gasteiger partial charge in [-0.15, -0.1) is 0 Å². The molecule has 2 aliphatic rings. The minimum absolute atomic E-state index is 0.0405. The summed E-state index contributed by atoms with van der Waals surface area (Å²) in [4.78, 5) is 0. The van der Waals surface area contributed by atoms with Crippen molar-refractivity contribution < 1.29 is 9.47 Å². The quantitative estimate of drug-likeness (QED) is 0.486. The van der Waals surface area contributed by atoms with Crippen LogP contribution in [0, 0.1) is 0 Å². The molecule has 0 saturated heterocycles. The van der Waals surface area contributed by atoms with E-state index in [0.717, 1.165) is 17.1 Å². The fourth-order valence-electron chi connectivity index (χ4n) is 4.37. The third kappa shape index (κ3) is 2.05. The molecule has 0 saturated carbocycles. The lowest BCUT2D eigenvalue weighted by Gasteiger charge is -2.30. The molecule has 2 nitrogen and oxygen atoms in total. The second-order valence-electron chi connectivity index (χ2n) is 8.16. The summed E-state index contributed by atoms with van der Waals surface area (Å²) < 4.78 is 12.7. The van der Waals surface area contributed by atoms with Crippen molar-refractivity contribution in [3.63, 3.8) is 0 Å². The highest BCUT2D eigenvalue weighted by atomic mass is 16.7. The van der Waals surface area contributed by atoms with Crippen LogP contribution in [0.2, 0.25) is 0 Å². The number of hydrogen-bond donors (Lipinski definition) is 0. The first-order valence-corrected chi connectivity index (χ1v) is 9.13. The number of benzene rings is 3. The Kier molecular flexibility index (Phi) is 2.93. The zero-order valence-corrected chi connectivity index (χ0v) is 15.6. The summed E-state index contributed by atoms with van der Waals surface area (Å²) >= 11 is 0. The summed E-state index contributed by atoms with van der Waals surface area (Å²) in [5.74, 6) is 0.958. The zero-order chi connectivity index (χ0) is 18.1. The van der Waals surface area contributed by atoms with Crippen LogP contribution in [0.4, 0.5) is 0 Å². The van der Waals surface area contributed by atoms with Gasteiger partial charge < -0.3 is 9.47 Å². The average molecular weight is 342 g/mol. The Morgan fingerprint density at radius 1 is 0.654 bits per heavy atom. The molecule has 3 aromatic rings. The summed E-state index contributed by atoms with van der Waals surface area (Å²) in [6, 6.07) is 21.3. The van der Waals surface area contributed by atoms with E-state index in [-0.39, 0.29) is 5.41 Å². The molecule has 2 heteroatoms. The van der Waals surface area contributed by atoms with Gasteiger partial charge in [-0.1, -0.05) is 56.3 Å². The van der Waals surface area contributed by atoms with E-state index in [2.05, 4.69) is 62.4 Å². The van der Waals surface area contributed by atoms with Crippen LogP contribution in [0.15, 0.2) is 60.7 Å². The molecule has 0 amide bonds. The molecule has 0 aromatic heterocycles. The maximum atomic E-state index is 6.40. The summed E-state index contributed by atoms with van der Waals surface area (Å²) in [6.07, 6.45) is 0. The van der Waals surface area contributed by atoms with Crippen LogP contribution in [0.25, 0.3) is 22.3 Å². The number of para-hydroxylation sites is 1. The highest BCUT2D eigenvalue weighted by Gasteiger charge is 2.39. The summed E-state index contributed by atoms with van der Waals surface area (Å²) in [6.45, 7) is 8.52. The average Bonchev–Trinajstić information content (AvgIpc) is 2.82. The van der Waals surface area contributed by atoms with Gasteiger partial charge in [-0.2, -0.15) is 0 Å². The number of rotatable bonds is 0. The first-order chi connectivity index (χ1) is 12.4. The van der Waals surface area contributed by atoms with Crippen molar-refractivity contribution in [1.82, 2.24) is 0 Å². The van der Waals surface area contributed by atoms with Crippen LogP contribution in [0.3, 0.4) is 0 Å². The van der Waals surface area contributed by atoms with Crippen LogP contribution < -0.4 is 9.47 Å². The summed E-state index contributed by atoms with van der Waals surface area (Å²) in [5, 5.41) is 0. The van der Waals surface area contributed by atoms with E-state index >= 15 is 0 Å². The van der Waals surface area contributed by atoms with E-state index in [1.165, 1.54) is 27.8 Å². The molecule has 0 fully saturated rings. The van der Waals surface area contributed by atoms with Crippen LogP contribution >= 0.6 is 0 Å². The normalized spacial score (nSPS) is 17.7. The molecule has 2 bridgehead atoms. The van der Waals surface area contributed by atoms with Gasteiger partial charge in [0.25, 0.3) is 0 Å². The van der Waals surface area contributed by atoms with Gasteiger partial charge >= 0.3 is 0 Å². The first-order valence-electron chi connectivity index (χ1n) is 9.13. The molecule has 1 aliphatic heterocycles. The van der Waals surface area contributed by atoms with Gasteiger partial charge in [0.05, 0.1) is 0 Å². The smallest absolute Gasteiger partial charge is 0.245 e. The molecular weight excluding hydrogens is 320 g/mol. The van der Waals surface area contributed by atoms with Crippen molar-refractivity contribution in [2.24, 2.45) is 0 Å². The minimum Gasteiger partial charge on any atom is -0.452 e. The second-order valence-corrected chi connectivity index (χ2v) is 8.16. The highest BCUT2D eigenvalue weighted by Crippen LogP contribution is 2.54. The SMILES string of the molecule is CC1(C)Oc2ccccc2-c2ccc3c(c2)-c2c(cccc2C3(C)C)O1. The molecule has 5 rings (SSSR count).